The molecule has 0 unspecified atom stereocenters. The fourth-order valence-electron chi connectivity index (χ4n) is 3.01. The van der Waals surface area contributed by atoms with Crippen molar-refractivity contribution in [2.45, 2.75) is 39.2 Å². The Morgan fingerprint density at radius 3 is 2.48 bits per heavy atom. The molecule has 1 saturated heterocycles. The predicted octanol–water partition coefficient (Wildman–Crippen LogP) is 3.54. The second-order valence-electron chi connectivity index (χ2n) is 5.94. The third kappa shape index (κ3) is 3.73. The Morgan fingerprint density at radius 1 is 1.13 bits per heavy atom. The van der Waals surface area contributed by atoms with E-state index in [1.54, 1.807) is 6.20 Å². The molecule has 2 heterocycles. The Morgan fingerprint density at radius 2 is 1.83 bits per heavy atom. The van der Waals surface area contributed by atoms with Crippen molar-refractivity contribution in [3.63, 3.8) is 0 Å². The minimum absolute atomic E-state index is 0.117. The van der Waals surface area contributed by atoms with E-state index in [2.05, 4.69) is 15.2 Å². The fourth-order valence-corrected chi connectivity index (χ4v) is 3.01. The lowest BCUT2D eigenvalue weighted by atomic mass is 10.2. The van der Waals surface area contributed by atoms with Gasteiger partial charge in [0.15, 0.2) is 0 Å². The van der Waals surface area contributed by atoms with Crippen molar-refractivity contribution >= 4 is 17.5 Å². The zero-order valence-electron chi connectivity index (χ0n) is 13.7. The van der Waals surface area contributed by atoms with Crippen molar-refractivity contribution in [3.05, 3.63) is 42.2 Å². The fraction of sp³-hybridized carbons (Fsp3) is 0.444. The number of anilines is 2. The SMILES string of the molecule is CCn1ccnc1NC(=O)c1ccc(N2CCCCCC2)cc1. The Hall–Kier alpha value is -2.30. The standard InChI is InChI=1S/C18H24N4O/c1-2-21-14-11-19-18(21)20-17(23)15-7-9-16(10-8-15)22-12-5-3-4-6-13-22/h7-11,14H,2-6,12-13H2,1H3,(H,19,20,23). The summed E-state index contributed by atoms with van der Waals surface area (Å²) >= 11 is 0. The van der Waals surface area contributed by atoms with Crippen LogP contribution in [-0.4, -0.2) is 28.5 Å². The summed E-state index contributed by atoms with van der Waals surface area (Å²) in [6.07, 6.45) is 8.70. The second-order valence-corrected chi connectivity index (χ2v) is 5.94. The van der Waals surface area contributed by atoms with Gasteiger partial charge in [0, 0.05) is 43.3 Å². The summed E-state index contributed by atoms with van der Waals surface area (Å²) in [6, 6.07) is 7.89. The first-order valence-electron chi connectivity index (χ1n) is 8.45. The van der Waals surface area contributed by atoms with Crippen LogP contribution >= 0.6 is 0 Å². The molecule has 1 aliphatic rings. The number of nitrogens with zero attached hydrogens (tertiary/aromatic N) is 3. The minimum atomic E-state index is -0.117. The average molecular weight is 312 g/mol. The summed E-state index contributed by atoms with van der Waals surface area (Å²) in [6.45, 7) is 5.02. The molecule has 0 radical (unpaired) electrons. The number of nitrogens with one attached hydrogen (secondary N) is 1. The monoisotopic (exact) mass is 312 g/mol. The first-order chi connectivity index (χ1) is 11.3. The number of carbonyl (C=O) groups excluding carboxylic acids is 1. The molecule has 0 atom stereocenters. The van der Waals surface area contributed by atoms with Crippen molar-refractivity contribution in [2.24, 2.45) is 0 Å². The quantitative estimate of drug-likeness (QED) is 0.939. The van der Waals surface area contributed by atoms with Gasteiger partial charge in [-0.3, -0.25) is 10.1 Å². The number of aromatic nitrogens is 2. The van der Waals surface area contributed by atoms with Crippen LogP contribution in [0.2, 0.25) is 0 Å². The van der Waals surface area contributed by atoms with Crippen LogP contribution < -0.4 is 10.2 Å². The number of carbonyl (C=O) groups is 1. The summed E-state index contributed by atoms with van der Waals surface area (Å²) in [5.74, 6) is 0.474. The van der Waals surface area contributed by atoms with E-state index in [1.165, 1.54) is 31.4 Å². The molecular formula is C18H24N4O. The lowest BCUT2D eigenvalue weighted by Crippen LogP contribution is -2.24. The first kappa shape index (κ1) is 15.6. The molecular weight excluding hydrogens is 288 g/mol. The highest BCUT2D eigenvalue weighted by Gasteiger charge is 2.12. The highest BCUT2D eigenvalue weighted by molar-refractivity contribution is 6.03. The van der Waals surface area contributed by atoms with E-state index in [4.69, 9.17) is 0 Å². The molecule has 1 aliphatic heterocycles. The third-order valence-corrected chi connectivity index (χ3v) is 4.38. The molecule has 23 heavy (non-hydrogen) atoms. The van der Waals surface area contributed by atoms with E-state index in [0.29, 0.717) is 11.5 Å². The number of hydrogen-bond acceptors (Lipinski definition) is 3. The van der Waals surface area contributed by atoms with Gasteiger partial charge < -0.3 is 9.47 Å². The van der Waals surface area contributed by atoms with Crippen molar-refractivity contribution in [1.29, 1.82) is 0 Å². The van der Waals surface area contributed by atoms with Crippen LogP contribution in [0.1, 0.15) is 43.0 Å². The number of benzene rings is 1. The maximum atomic E-state index is 12.3. The molecule has 2 aromatic rings. The van der Waals surface area contributed by atoms with Gasteiger partial charge in [0.05, 0.1) is 0 Å². The van der Waals surface area contributed by atoms with E-state index < -0.39 is 0 Å². The van der Waals surface area contributed by atoms with Crippen molar-refractivity contribution in [2.75, 3.05) is 23.3 Å². The Kier molecular flexibility index (Phi) is 4.95. The van der Waals surface area contributed by atoms with Gasteiger partial charge in [-0.15, -0.1) is 0 Å². The van der Waals surface area contributed by atoms with Gasteiger partial charge in [-0.2, -0.15) is 0 Å². The molecule has 0 aliphatic carbocycles. The maximum Gasteiger partial charge on any atom is 0.257 e. The molecule has 0 bridgehead atoms. The normalized spacial score (nSPS) is 15.3. The molecule has 0 spiro atoms. The second kappa shape index (κ2) is 7.31. The lowest BCUT2D eigenvalue weighted by molar-refractivity contribution is 0.102. The topological polar surface area (TPSA) is 50.2 Å². The smallest absolute Gasteiger partial charge is 0.257 e. The molecule has 5 heteroatoms. The molecule has 1 amide bonds. The molecule has 1 fully saturated rings. The first-order valence-corrected chi connectivity index (χ1v) is 8.45. The van der Waals surface area contributed by atoms with Gasteiger partial charge in [-0.1, -0.05) is 12.8 Å². The third-order valence-electron chi connectivity index (χ3n) is 4.38. The zero-order chi connectivity index (χ0) is 16.1. The van der Waals surface area contributed by atoms with Crippen LogP contribution in [0.4, 0.5) is 11.6 Å². The van der Waals surface area contributed by atoms with Crippen LogP contribution in [0.15, 0.2) is 36.7 Å². The van der Waals surface area contributed by atoms with Crippen molar-refractivity contribution in [1.82, 2.24) is 9.55 Å². The number of hydrogen-bond donors (Lipinski definition) is 1. The molecule has 1 aromatic carbocycles. The van der Waals surface area contributed by atoms with Crippen molar-refractivity contribution in [3.8, 4) is 0 Å². The summed E-state index contributed by atoms with van der Waals surface area (Å²) < 4.78 is 1.91. The summed E-state index contributed by atoms with van der Waals surface area (Å²) in [7, 11) is 0. The Balaban J connectivity index is 1.67. The molecule has 1 N–H and O–H groups in total. The van der Waals surface area contributed by atoms with Crippen LogP contribution in [0.5, 0.6) is 0 Å². The van der Waals surface area contributed by atoms with Crippen LogP contribution in [0.3, 0.4) is 0 Å². The van der Waals surface area contributed by atoms with Crippen LogP contribution in [0.25, 0.3) is 0 Å². The average Bonchev–Trinajstić information content (AvgIpc) is 2.85. The van der Waals surface area contributed by atoms with E-state index >= 15 is 0 Å². The van der Waals surface area contributed by atoms with Crippen molar-refractivity contribution < 1.29 is 4.79 Å². The van der Waals surface area contributed by atoms with E-state index in [0.717, 1.165) is 19.6 Å². The van der Waals surface area contributed by atoms with E-state index in [-0.39, 0.29) is 5.91 Å². The minimum Gasteiger partial charge on any atom is -0.372 e. The van der Waals surface area contributed by atoms with Gasteiger partial charge in [-0.25, -0.2) is 4.98 Å². The highest BCUT2D eigenvalue weighted by atomic mass is 16.1. The number of aryl methyl sites for hydroxylation is 1. The Bertz CT molecular complexity index is 639. The van der Waals surface area contributed by atoms with Crippen LogP contribution in [-0.2, 0) is 6.54 Å². The van der Waals surface area contributed by atoms with E-state index in [1.807, 2.05) is 42.0 Å². The number of amides is 1. The lowest BCUT2D eigenvalue weighted by Gasteiger charge is -2.22. The molecule has 122 valence electrons. The largest absolute Gasteiger partial charge is 0.372 e. The van der Waals surface area contributed by atoms with Gasteiger partial charge >= 0.3 is 0 Å². The predicted molar refractivity (Wildman–Crippen MR) is 93.0 cm³/mol. The van der Waals surface area contributed by atoms with E-state index in [9.17, 15) is 4.79 Å². The van der Waals surface area contributed by atoms with Gasteiger partial charge in [-0.05, 0) is 44.0 Å². The van der Waals surface area contributed by atoms with Crippen LogP contribution in [0, 0.1) is 0 Å². The highest BCUT2D eigenvalue weighted by Crippen LogP contribution is 2.20. The van der Waals surface area contributed by atoms with Gasteiger partial charge in [0.2, 0.25) is 5.95 Å². The summed E-state index contributed by atoms with van der Waals surface area (Å²) in [5.41, 5.74) is 1.87. The molecule has 1 aromatic heterocycles. The Labute approximate surface area is 137 Å². The number of rotatable bonds is 4. The molecule has 3 rings (SSSR count). The summed E-state index contributed by atoms with van der Waals surface area (Å²) in [4.78, 5) is 18.9. The van der Waals surface area contributed by atoms with Gasteiger partial charge in [0.1, 0.15) is 0 Å². The number of imidazole rings is 1. The molecule has 5 nitrogen and oxygen atoms in total. The van der Waals surface area contributed by atoms with Gasteiger partial charge in [0.25, 0.3) is 5.91 Å². The summed E-state index contributed by atoms with van der Waals surface area (Å²) in [5, 5.41) is 2.87. The molecule has 0 saturated carbocycles. The zero-order valence-corrected chi connectivity index (χ0v) is 13.7. The maximum absolute atomic E-state index is 12.3.